The Morgan fingerprint density at radius 3 is 2.69 bits per heavy atom. The van der Waals surface area contributed by atoms with Gasteiger partial charge in [-0.1, -0.05) is 12.1 Å². The highest BCUT2D eigenvalue weighted by Crippen LogP contribution is 2.22. The van der Waals surface area contributed by atoms with Crippen LogP contribution < -0.4 is 0 Å². The van der Waals surface area contributed by atoms with Crippen LogP contribution in [0.5, 0.6) is 0 Å². The van der Waals surface area contributed by atoms with Gasteiger partial charge in [0.25, 0.3) is 0 Å². The zero-order valence-corrected chi connectivity index (χ0v) is 9.23. The molecule has 1 fully saturated rings. The molecule has 1 aliphatic rings. The van der Waals surface area contributed by atoms with Crippen LogP contribution in [0.1, 0.15) is 31.2 Å². The van der Waals surface area contributed by atoms with Gasteiger partial charge < -0.3 is 9.84 Å². The second-order valence-electron chi connectivity index (χ2n) is 4.37. The van der Waals surface area contributed by atoms with E-state index in [1.54, 1.807) is 6.07 Å². The van der Waals surface area contributed by atoms with Crippen molar-refractivity contribution in [1.29, 1.82) is 0 Å². The van der Waals surface area contributed by atoms with E-state index in [1.807, 2.05) is 6.07 Å². The average molecular weight is 224 g/mol. The minimum atomic E-state index is -0.222. The molecule has 0 unspecified atom stereocenters. The molecule has 0 aliphatic heterocycles. The van der Waals surface area contributed by atoms with E-state index < -0.39 is 0 Å². The van der Waals surface area contributed by atoms with Crippen molar-refractivity contribution in [2.24, 2.45) is 0 Å². The van der Waals surface area contributed by atoms with Crippen LogP contribution in [-0.2, 0) is 11.3 Å². The van der Waals surface area contributed by atoms with Crippen molar-refractivity contribution in [2.75, 3.05) is 0 Å². The van der Waals surface area contributed by atoms with Crippen LogP contribution in [0, 0.1) is 5.82 Å². The molecule has 0 aromatic heterocycles. The molecule has 0 amide bonds. The number of benzene rings is 1. The molecule has 16 heavy (non-hydrogen) atoms. The molecule has 0 heterocycles. The summed E-state index contributed by atoms with van der Waals surface area (Å²) in [6, 6.07) is 6.48. The number of hydrogen-bond donors (Lipinski definition) is 1. The van der Waals surface area contributed by atoms with Gasteiger partial charge in [0, 0.05) is 0 Å². The van der Waals surface area contributed by atoms with Crippen LogP contribution in [0.4, 0.5) is 4.39 Å². The molecule has 1 N–H and O–H groups in total. The molecule has 0 atom stereocenters. The van der Waals surface area contributed by atoms with E-state index in [4.69, 9.17) is 4.74 Å². The van der Waals surface area contributed by atoms with Gasteiger partial charge in [-0.3, -0.25) is 0 Å². The van der Waals surface area contributed by atoms with Gasteiger partial charge in [0.1, 0.15) is 5.82 Å². The molecule has 0 saturated heterocycles. The zero-order chi connectivity index (χ0) is 11.4. The maximum absolute atomic E-state index is 12.9. The van der Waals surface area contributed by atoms with Gasteiger partial charge in [-0.25, -0.2) is 4.39 Å². The summed E-state index contributed by atoms with van der Waals surface area (Å²) in [5.41, 5.74) is 0.867. The van der Waals surface area contributed by atoms with Crippen molar-refractivity contribution >= 4 is 0 Å². The van der Waals surface area contributed by atoms with Crippen molar-refractivity contribution in [3.8, 4) is 0 Å². The Balaban J connectivity index is 1.79. The third-order valence-corrected chi connectivity index (χ3v) is 3.02. The van der Waals surface area contributed by atoms with Crippen LogP contribution in [0.2, 0.25) is 0 Å². The molecule has 0 radical (unpaired) electrons. The summed E-state index contributed by atoms with van der Waals surface area (Å²) >= 11 is 0. The number of ether oxygens (including phenoxy) is 1. The highest BCUT2D eigenvalue weighted by Gasteiger charge is 2.19. The van der Waals surface area contributed by atoms with Crippen molar-refractivity contribution < 1.29 is 14.2 Å². The number of rotatable bonds is 3. The first-order valence-corrected chi connectivity index (χ1v) is 5.78. The molecule has 2 rings (SSSR count). The molecular formula is C13H17FO2. The quantitative estimate of drug-likeness (QED) is 0.855. The molecule has 0 spiro atoms. The van der Waals surface area contributed by atoms with E-state index in [1.165, 1.54) is 12.1 Å². The van der Waals surface area contributed by atoms with Gasteiger partial charge in [-0.15, -0.1) is 0 Å². The van der Waals surface area contributed by atoms with Gasteiger partial charge in [0.15, 0.2) is 0 Å². The Hall–Kier alpha value is -0.930. The van der Waals surface area contributed by atoms with Gasteiger partial charge in [0.05, 0.1) is 18.8 Å². The summed E-state index contributed by atoms with van der Waals surface area (Å²) < 4.78 is 18.6. The minimum absolute atomic E-state index is 0.158. The fourth-order valence-corrected chi connectivity index (χ4v) is 2.05. The molecular weight excluding hydrogens is 207 g/mol. The first-order chi connectivity index (χ1) is 7.74. The SMILES string of the molecule is OC1CCC(OCc2cccc(F)c2)CC1. The van der Waals surface area contributed by atoms with Crippen molar-refractivity contribution in [3.05, 3.63) is 35.6 Å². The lowest BCUT2D eigenvalue weighted by atomic mass is 9.95. The predicted octanol–water partition coefficient (Wildman–Crippen LogP) is 2.65. The summed E-state index contributed by atoms with van der Waals surface area (Å²) in [6.45, 7) is 0.457. The molecule has 88 valence electrons. The van der Waals surface area contributed by atoms with E-state index in [2.05, 4.69) is 0 Å². The third kappa shape index (κ3) is 3.29. The second-order valence-corrected chi connectivity index (χ2v) is 4.37. The highest BCUT2D eigenvalue weighted by molar-refractivity contribution is 5.15. The van der Waals surface area contributed by atoms with Gasteiger partial charge in [-0.05, 0) is 43.4 Å². The van der Waals surface area contributed by atoms with Gasteiger partial charge >= 0.3 is 0 Å². The maximum atomic E-state index is 12.9. The molecule has 0 bridgehead atoms. The standard InChI is InChI=1S/C13H17FO2/c14-11-3-1-2-10(8-11)9-16-13-6-4-12(15)5-7-13/h1-3,8,12-13,15H,4-7,9H2. The number of aliphatic hydroxyl groups excluding tert-OH is 1. The smallest absolute Gasteiger partial charge is 0.123 e. The zero-order valence-electron chi connectivity index (χ0n) is 9.23. The average Bonchev–Trinajstić information content (AvgIpc) is 2.28. The largest absolute Gasteiger partial charge is 0.393 e. The summed E-state index contributed by atoms with van der Waals surface area (Å²) in [7, 11) is 0. The minimum Gasteiger partial charge on any atom is -0.393 e. The van der Waals surface area contributed by atoms with Gasteiger partial charge in [0.2, 0.25) is 0 Å². The Kier molecular flexibility index (Phi) is 3.91. The van der Waals surface area contributed by atoms with Crippen molar-refractivity contribution in [1.82, 2.24) is 0 Å². The predicted molar refractivity (Wildman–Crippen MR) is 59.5 cm³/mol. The molecule has 3 heteroatoms. The maximum Gasteiger partial charge on any atom is 0.123 e. The van der Waals surface area contributed by atoms with Crippen LogP contribution in [0.15, 0.2) is 24.3 Å². The Bertz CT molecular complexity index is 332. The molecule has 1 saturated carbocycles. The first kappa shape index (κ1) is 11.6. The second kappa shape index (κ2) is 5.41. The lowest BCUT2D eigenvalue weighted by Gasteiger charge is -2.25. The van der Waals surface area contributed by atoms with Gasteiger partial charge in [-0.2, -0.15) is 0 Å². The fraction of sp³-hybridized carbons (Fsp3) is 0.538. The van der Waals surface area contributed by atoms with E-state index >= 15 is 0 Å². The Morgan fingerprint density at radius 1 is 1.25 bits per heavy atom. The van der Waals surface area contributed by atoms with E-state index in [9.17, 15) is 9.50 Å². The topological polar surface area (TPSA) is 29.5 Å². The summed E-state index contributed by atoms with van der Waals surface area (Å²) in [5.74, 6) is -0.222. The Labute approximate surface area is 95.1 Å². The van der Waals surface area contributed by atoms with Crippen LogP contribution in [0.25, 0.3) is 0 Å². The lowest BCUT2D eigenvalue weighted by molar-refractivity contribution is -0.0119. The van der Waals surface area contributed by atoms with E-state index in [0.717, 1.165) is 31.2 Å². The molecule has 1 aromatic rings. The highest BCUT2D eigenvalue weighted by atomic mass is 19.1. The summed E-state index contributed by atoms with van der Waals surface area (Å²) in [4.78, 5) is 0. The van der Waals surface area contributed by atoms with Crippen LogP contribution in [-0.4, -0.2) is 17.3 Å². The van der Waals surface area contributed by atoms with E-state index in [-0.39, 0.29) is 18.0 Å². The number of halogens is 1. The normalized spacial score (nSPS) is 25.6. The van der Waals surface area contributed by atoms with Crippen LogP contribution in [0.3, 0.4) is 0 Å². The molecule has 1 aromatic carbocycles. The first-order valence-electron chi connectivity index (χ1n) is 5.78. The van der Waals surface area contributed by atoms with E-state index in [0.29, 0.717) is 6.61 Å². The van der Waals surface area contributed by atoms with Crippen molar-refractivity contribution in [2.45, 2.75) is 44.5 Å². The van der Waals surface area contributed by atoms with Crippen molar-refractivity contribution in [3.63, 3.8) is 0 Å². The molecule has 2 nitrogen and oxygen atoms in total. The van der Waals surface area contributed by atoms with Crippen LogP contribution >= 0.6 is 0 Å². The number of aliphatic hydroxyl groups is 1. The summed E-state index contributed by atoms with van der Waals surface area (Å²) in [5, 5.41) is 9.34. The fourth-order valence-electron chi connectivity index (χ4n) is 2.05. The monoisotopic (exact) mass is 224 g/mol. The summed E-state index contributed by atoms with van der Waals surface area (Å²) in [6.07, 6.45) is 3.48. The Morgan fingerprint density at radius 2 is 2.00 bits per heavy atom. The third-order valence-electron chi connectivity index (χ3n) is 3.02. The molecule has 1 aliphatic carbocycles. The lowest BCUT2D eigenvalue weighted by Crippen LogP contribution is -2.24. The number of hydrogen-bond acceptors (Lipinski definition) is 2.